The van der Waals surface area contributed by atoms with E-state index in [2.05, 4.69) is 17.0 Å². The molecule has 0 aromatic heterocycles. The highest BCUT2D eigenvalue weighted by atomic mass is 32.2. The number of benzene rings is 2. The number of hydrogen-bond donors (Lipinski definition) is 0. The van der Waals surface area contributed by atoms with Crippen LogP contribution < -0.4 is 9.80 Å². The van der Waals surface area contributed by atoms with Gasteiger partial charge in [0.05, 0.1) is 4.90 Å². The average molecular weight is 537 g/mol. The van der Waals surface area contributed by atoms with Crippen LogP contribution in [-0.4, -0.2) is 74.7 Å². The van der Waals surface area contributed by atoms with Gasteiger partial charge in [0.2, 0.25) is 21.8 Å². The van der Waals surface area contributed by atoms with Crippen molar-refractivity contribution in [3.63, 3.8) is 0 Å². The van der Waals surface area contributed by atoms with Crippen LogP contribution in [0, 0.1) is 11.8 Å². The molecule has 0 bridgehead atoms. The normalized spacial score (nSPS) is 23.0. The lowest BCUT2D eigenvalue weighted by atomic mass is 9.96. The van der Waals surface area contributed by atoms with Crippen LogP contribution in [-0.2, 0) is 26.0 Å². The van der Waals surface area contributed by atoms with Gasteiger partial charge in [0.25, 0.3) is 0 Å². The van der Waals surface area contributed by atoms with Crippen molar-refractivity contribution in [2.45, 2.75) is 50.0 Å². The van der Waals surface area contributed by atoms with Crippen LogP contribution in [0.1, 0.15) is 38.2 Å². The number of carbonyl (C=O) groups is 2. The molecule has 4 aliphatic rings. The molecule has 3 aliphatic heterocycles. The molecule has 38 heavy (non-hydrogen) atoms. The Kier molecular flexibility index (Phi) is 6.68. The van der Waals surface area contributed by atoms with E-state index in [9.17, 15) is 18.0 Å². The van der Waals surface area contributed by atoms with Crippen molar-refractivity contribution in [3.8, 4) is 0 Å². The van der Waals surface area contributed by atoms with Crippen molar-refractivity contribution in [1.82, 2.24) is 9.21 Å². The maximum atomic E-state index is 13.5. The first-order valence-corrected chi connectivity index (χ1v) is 15.3. The summed E-state index contributed by atoms with van der Waals surface area (Å²) in [6, 6.07) is 15.5. The molecule has 0 spiro atoms. The molecule has 1 atom stereocenters. The Bertz CT molecular complexity index is 1310. The number of sulfonamides is 1. The summed E-state index contributed by atoms with van der Waals surface area (Å²) < 4.78 is 28.5. The smallest absolute Gasteiger partial charge is 0.243 e. The lowest BCUT2D eigenvalue weighted by Crippen LogP contribution is -2.52. The predicted molar refractivity (Wildman–Crippen MR) is 147 cm³/mol. The van der Waals surface area contributed by atoms with E-state index in [1.54, 1.807) is 18.2 Å². The van der Waals surface area contributed by atoms with Crippen molar-refractivity contribution in [1.29, 1.82) is 0 Å². The van der Waals surface area contributed by atoms with Crippen LogP contribution in [0.15, 0.2) is 53.4 Å². The van der Waals surface area contributed by atoms with Crippen molar-refractivity contribution in [2.24, 2.45) is 11.8 Å². The van der Waals surface area contributed by atoms with Gasteiger partial charge in [0.1, 0.15) is 0 Å². The summed E-state index contributed by atoms with van der Waals surface area (Å²) in [7, 11) is -3.66. The molecular weight excluding hydrogens is 500 g/mol. The summed E-state index contributed by atoms with van der Waals surface area (Å²) in [6.07, 6.45) is 3.66. The number of piperidine rings is 1. The van der Waals surface area contributed by atoms with Gasteiger partial charge >= 0.3 is 0 Å². The van der Waals surface area contributed by atoms with Gasteiger partial charge < -0.3 is 14.7 Å². The number of anilines is 2. The SMILES string of the molecule is C[C@H]1Cc2cc(S(=O)(=O)N3CCC(C(=O)N4CCN(c5ccccc5)CC4)CC3)ccc2N1C(=O)C1CC1. The number of carbonyl (C=O) groups excluding carboxylic acids is 2. The molecule has 2 saturated heterocycles. The van der Waals surface area contributed by atoms with Gasteiger partial charge in [-0.3, -0.25) is 9.59 Å². The molecule has 1 saturated carbocycles. The van der Waals surface area contributed by atoms with Gasteiger partial charge in [-0.05, 0) is 74.9 Å². The summed E-state index contributed by atoms with van der Waals surface area (Å²) in [5.41, 5.74) is 2.96. The van der Waals surface area contributed by atoms with Crippen LogP contribution in [0.5, 0.6) is 0 Å². The summed E-state index contributed by atoms with van der Waals surface area (Å²) in [6.45, 7) is 5.73. The molecule has 0 radical (unpaired) electrons. The summed E-state index contributed by atoms with van der Waals surface area (Å²) in [4.78, 5) is 32.4. The minimum Gasteiger partial charge on any atom is -0.368 e. The van der Waals surface area contributed by atoms with E-state index in [0.29, 0.717) is 45.4 Å². The zero-order valence-corrected chi connectivity index (χ0v) is 22.8. The molecule has 6 rings (SSSR count). The molecule has 0 N–H and O–H groups in total. The van der Waals surface area contributed by atoms with E-state index in [-0.39, 0.29) is 34.6 Å². The maximum absolute atomic E-state index is 13.5. The van der Waals surface area contributed by atoms with Crippen molar-refractivity contribution in [2.75, 3.05) is 49.1 Å². The molecule has 3 heterocycles. The topological polar surface area (TPSA) is 81.2 Å². The van der Waals surface area contributed by atoms with Gasteiger partial charge in [-0.25, -0.2) is 8.42 Å². The van der Waals surface area contributed by atoms with Gasteiger partial charge in [0.15, 0.2) is 0 Å². The molecular formula is C29H36N4O4S. The minimum absolute atomic E-state index is 0.0485. The zero-order valence-electron chi connectivity index (χ0n) is 22.0. The Morgan fingerprint density at radius 1 is 0.789 bits per heavy atom. The van der Waals surface area contributed by atoms with Crippen LogP contribution in [0.4, 0.5) is 11.4 Å². The number of fused-ring (bicyclic) bond motifs is 1. The lowest BCUT2D eigenvalue weighted by molar-refractivity contribution is -0.137. The van der Waals surface area contributed by atoms with E-state index in [0.717, 1.165) is 37.2 Å². The average Bonchev–Trinajstić information content (AvgIpc) is 3.75. The molecule has 2 amide bonds. The fourth-order valence-electron chi connectivity index (χ4n) is 6.20. The van der Waals surface area contributed by atoms with E-state index in [1.807, 2.05) is 34.9 Å². The van der Waals surface area contributed by atoms with Crippen LogP contribution in [0.3, 0.4) is 0 Å². The maximum Gasteiger partial charge on any atom is 0.243 e. The largest absolute Gasteiger partial charge is 0.368 e. The molecule has 202 valence electrons. The van der Waals surface area contributed by atoms with Gasteiger partial charge in [-0.15, -0.1) is 0 Å². The predicted octanol–water partition coefficient (Wildman–Crippen LogP) is 3.12. The first-order chi connectivity index (χ1) is 18.3. The second-order valence-electron chi connectivity index (χ2n) is 11.2. The lowest BCUT2D eigenvalue weighted by Gasteiger charge is -2.39. The highest BCUT2D eigenvalue weighted by Crippen LogP contribution is 2.40. The Morgan fingerprint density at radius 3 is 2.11 bits per heavy atom. The fraction of sp³-hybridized carbons (Fsp3) is 0.517. The van der Waals surface area contributed by atoms with Crippen molar-refractivity contribution >= 4 is 33.2 Å². The van der Waals surface area contributed by atoms with E-state index < -0.39 is 10.0 Å². The minimum atomic E-state index is -3.66. The van der Waals surface area contributed by atoms with Crippen LogP contribution in [0.25, 0.3) is 0 Å². The zero-order chi connectivity index (χ0) is 26.4. The number of piperazine rings is 1. The number of para-hydroxylation sites is 1. The van der Waals surface area contributed by atoms with Crippen LogP contribution in [0.2, 0.25) is 0 Å². The van der Waals surface area contributed by atoms with Gasteiger partial charge in [-0.1, -0.05) is 18.2 Å². The van der Waals surface area contributed by atoms with Crippen molar-refractivity contribution in [3.05, 3.63) is 54.1 Å². The summed E-state index contributed by atoms with van der Waals surface area (Å²) in [5.74, 6) is 0.318. The third-order valence-electron chi connectivity index (χ3n) is 8.58. The quantitative estimate of drug-likeness (QED) is 0.587. The van der Waals surface area contributed by atoms with Gasteiger partial charge in [0, 0.05) is 68.5 Å². The summed E-state index contributed by atoms with van der Waals surface area (Å²) in [5, 5.41) is 0. The van der Waals surface area contributed by atoms with Crippen LogP contribution >= 0.6 is 0 Å². The molecule has 2 aromatic carbocycles. The Labute approximate surface area is 225 Å². The monoisotopic (exact) mass is 536 g/mol. The second kappa shape index (κ2) is 10.0. The number of rotatable bonds is 5. The van der Waals surface area contributed by atoms with E-state index in [1.165, 1.54) is 9.99 Å². The number of nitrogens with zero attached hydrogens (tertiary/aromatic N) is 4. The Balaban J connectivity index is 1.06. The molecule has 3 fully saturated rings. The molecule has 1 aliphatic carbocycles. The Hall–Kier alpha value is -2.91. The molecule has 9 heteroatoms. The molecule has 8 nitrogen and oxygen atoms in total. The first kappa shape index (κ1) is 25.4. The van der Waals surface area contributed by atoms with Crippen molar-refractivity contribution < 1.29 is 18.0 Å². The highest BCUT2D eigenvalue weighted by Gasteiger charge is 2.40. The first-order valence-electron chi connectivity index (χ1n) is 13.9. The number of amides is 2. The molecule has 2 aromatic rings. The highest BCUT2D eigenvalue weighted by molar-refractivity contribution is 7.89. The second-order valence-corrected chi connectivity index (χ2v) is 13.1. The standard InChI is InChI=1S/C29H36N4O4S/c1-21-19-24-20-26(9-10-27(24)33(21)29(35)22-7-8-22)38(36,37)32-13-11-23(12-14-32)28(34)31-17-15-30(16-18-31)25-5-3-2-4-6-25/h2-6,9-10,20-23H,7-8,11-19H2,1H3/t21-/m0/s1. The van der Waals surface area contributed by atoms with E-state index >= 15 is 0 Å². The number of hydrogen-bond acceptors (Lipinski definition) is 5. The fourth-order valence-corrected chi connectivity index (χ4v) is 7.73. The third kappa shape index (κ3) is 4.71. The van der Waals surface area contributed by atoms with E-state index in [4.69, 9.17) is 0 Å². The molecule has 0 unspecified atom stereocenters. The Morgan fingerprint density at radius 2 is 1.45 bits per heavy atom. The van der Waals surface area contributed by atoms with Gasteiger partial charge in [-0.2, -0.15) is 4.31 Å². The third-order valence-corrected chi connectivity index (χ3v) is 10.5. The summed E-state index contributed by atoms with van der Waals surface area (Å²) >= 11 is 0.